The van der Waals surface area contributed by atoms with Crippen LogP contribution in [0, 0.1) is 13.5 Å². The van der Waals surface area contributed by atoms with Crippen molar-refractivity contribution in [3.05, 3.63) is 46.8 Å². The van der Waals surface area contributed by atoms with Crippen LogP contribution >= 0.6 is 0 Å². The molecule has 0 radical (unpaired) electrons. The topological polar surface area (TPSA) is 4.36 Å². The molecule has 2 heteroatoms. The molecule has 0 saturated heterocycles. The first-order chi connectivity index (χ1) is 5.79. The number of alkyl halides is 1. The van der Waals surface area contributed by atoms with Crippen LogP contribution in [0.2, 0.25) is 0 Å². The highest BCUT2D eigenvalue weighted by Gasteiger charge is 2.16. The van der Waals surface area contributed by atoms with Gasteiger partial charge in [0.2, 0.25) is 0 Å². The molecule has 1 aromatic carbocycles. The average Bonchev–Trinajstić information content (AvgIpc) is 2.10. The van der Waals surface area contributed by atoms with E-state index in [0.717, 1.165) is 11.1 Å². The van der Waals surface area contributed by atoms with E-state index in [9.17, 15) is 4.39 Å². The Labute approximate surface area is 71.7 Å². The first-order valence-electron chi connectivity index (χ1n) is 3.77. The second-order valence-corrected chi connectivity index (χ2v) is 2.66. The quantitative estimate of drug-likeness (QED) is 0.590. The van der Waals surface area contributed by atoms with Crippen molar-refractivity contribution in [2.24, 2.45) is 0 Å². The van der Waals surface area contributed by atoms with Gasteiger partial charge in [0.1, 0.15) is 0 Å². The third-order valence-electron chi connectivity index (χ3n) is 1.85. The highest BCUT2D eigenvalue weighted by Crippen LogP contribution is 2.20. The molecule has 0 aliphatic rings. The molecule has 1 nitrogen and oxygen atoms in total. The van der Waals surface area contributed by atoms with E-state index < -0.39 is 12.7 Å². The van der Waals surface area contributed by atoms with Crippen molar-refractivity contribution in [1.82, 2.24) is 0 Å². The van der Waals surface area contributed by atoms with Crippen molar-refractivity contribution in [3.63, 3.8) is 0 Å². The van der Waals surface area contributed by atoms with E-state index in [4.69, 9.17) is 6.57 Å². The Hall–Kier alpha value is -1.36. The van der Waals surface area contributed by atoms with E-state index in [2.05, 4.69) is 4.85 Å². The maximum absolute atomic E-state index is 12.3. The molecule has 0 heterocycles. The highest BCUT2D eigenvalue weighted by molar-refractivity contribution is 5.30. The van der Waals surface area contributed by atoms with E-state index in [1.165, 1.54) is 0 Å². The van der Waals surface area contributed by atoms with Crippen molar-refractivity contribution in [3.8, 4) is 0 Å². The molecule has 1 rings (SSSR count). The predicted molar refractivity (Wildman–Crippen MR) is 46.5 cm³/mol. The third kappa shape index (κ3) is 1.62. The van der Waals surface area contributed by atoms with Crippen molar-refractivity contribution < 1.29 is 4.39 Å². The number of rotatable bonds is 2. The molecule has 1 unspecified atom stereocenters. The maximum Gasteiger partial charge on any atom is 0.276 e. The number of halogens is 1. The Kier molecular flexibility index (Phi) is 2.82. The van der Waals surface area contributed by atoms with Gasteiger partial charge in [-0.15, -0.1) is 0 Å². The van der Waals surface area contributed by atoms with Gasteiger partial charge in [-0.2, -0.15) is 0 Å². The predicted octanol–water partition coefficient (Wildman–Crippen LogP) is 2.92. The molecule has 0 aromatic heterocycles. The molecule has 0 N–H and O–H groups in total. The van der Waals surface area contributed by atoms with Crippen LogP contribution in [0.4, 0.5) is 4.39 Å². The van der Waals surface area contributed by atoms with Gasteiger partial charge in [0.15, 0.2) is 6.67 Å². The molecule has 0 spiro atoms. The summed E-state index contributed by atoms with van der Waals surface area (Å²) in [6, 6.07) is 6.79. The second kappa shape index (κ2) is 3.87. The van der Waals surface area contributed by atoms with Crippen molar-refractivity contribution >= 4 is 0 Å². The molecule has 0 bridgehead atoms. The van der Waals surface area contributed by atoms with Gasteiger partial charge in [-0.3, -0.25) is 0 Å². The minimum absolute atomic E-state index is 0.603. The summed E-state index contributed by atoms with van der Waals surface area (Å²) in [5, 5.41) is 0. The Balaban J connectivity index is 3.02. The molecule has 1 atom stereocenters. The summed E-state index contributed by atoms with van der Waals surface area (Å²) in [5.74, 6) is 0. The molecule has 0 saturated carbocycles. The lowest BCUT2D eigenvalue weighted by molar-refractivity contribution is 0.464. The molecule has 0 aliphatic carbocycles. The minimum atomic E-state index is -0.619. The normalized spacial score (nSPS) is 12.1. The van der Waals surface area contributed by atoms with Gasteiger partial charge in [-0.25, -0.2) is 11.0 Å². The second-order valence-electron chi connectivity index (χ2n) is 2.66. The average molecular weight is 163 g/mol. The van der Waals surface area contributed by atoms with E-state index >= 15 is 0 Å². The SMILES string of the molecule is [C-]#[N+]C(CF)c1ccccc1C. The van der Waals surface area contributed by atoms with E-state index in [1.54, 1.807) is 6.07 Å². The van der Waals surface area contributed by atoms with E-state index in [-0.39, 0.29) is 0 Å². The number of nitrogens with zero attached hydrogens (tertiary/aromatic N) is 1. The highest BCUT2D eigenvalue weighted by atomic mass is 19.1. The fraction of sp³-hybridized carbons (Fsp3) is 0.300. The summed E-state index contributed by atoms with van der Waals surface area (Å²) in [7, 11) is 0. The van der Waals surface area contributed by atoms with Crippen LogP contribution in [0.25, 0.3) is 4.85 Å². The lowest BCUT2D eigenvalue weighted by atomic mass is 10.0. The lowest BCUT2D eigenvalue weighted by Gasteiger charge is -2.03. The van der Waals surface area contributed by atoms with Crippen LogP contribution in [-0.2, 0) is 0 Å². The van der Waals surface area contributed by atoms with Crippen molar-refractivity contribution in [2.45, 2.75) is 13.0 Å². The molecule has 0 aliphatic heterocycles. The van der Waals surface area contributed by atoms with Gasteiger partial charge < -0.3 is 4.85 Å². The molecular weight excluding hydrogens is 153 g/mol. The first kappa shape index (κ1) is 8.73. The Morgan fingerprint density at radius 2 is 2.17 bits per heavy atom. The lowest BCUT2D eigenvalue weighted by Crippen LogP contribution is -1.97. The molecule has 0 fully saturated rings. The van der Waals surface area contributed by atoms with Crippen molar-refractivity contribution in [2.75, 3.05) is 6.67 Å². The summed E-state index contributed by atoms with van der Waals surface area (Å²) >= 11 is 0. The fourth-order valence-electron chi connectivity index (χ4n) is 1.15. The standard InChI is InChI=1S/C10H10FN/c1-8-5-3-4-6-9(8)10(7-11)12-2/h3-6,10H,7H2,1H3. The van der Waals surface area contributed by atoms with Crippen LogP contribution < -0.4 is 0 Å². The van der Waals surface area contributed by atoms with Crippen molar-refractivity contribution in [1.29, 1.82) is 0 Å². The molecule has 1 aromatic rings. The van der Waals surface area contributed by atoms with Crippen LogP contribution in [-0.4, -0.2) is 6.67 Å². The molecular formula is C10H10FN. The largest absolute Gasteiger partial charge is 0.306 e. The Morgan fingerprint density at radius 3 is 2.67 bits per heavy atom. The van der Waals surface area contributed by atoms with Crippen LogP contribution in [0.3, 0.4) is 0 Å². The summed E-state index contributed by atoms with van der Waals surface area (Å²) < 4.78 is 12.3. The number of hydrogen-bond donors (Lipinski definition) is 0. The van der Waals surface area contributed by atoms with Gasteiger partial charge >= 0.3 is 0 Å². The van der Waals surface area contributed by atoms with Gasteiger partial charge in [-0.05, 0) is 12.5 Å². The fourth-order valence-corrected chi connectivity index (χ4v) is 1.15. The summed E-state index contributed by atoms with van der Waals surface area (Å²) in [6.07, 6.45) is 0. The van der Waals surface area contributed by atoms with E-state index in [1.807, 2.05) is 25.1 Å². The van der Waals surface area contributed by atoms with Gasteiger partial charge in [0.05, 0.1) is 0 Å². The zero-order valence-corrected chi connectivity index (χ0v) is 6.92. The molecule has 0 amide bonds. The van der Waals surface area contributed by atoms with E-state index in [0.29, 0.717) is 0 Å². The van der Waals surface area contributed by atoms with Crippen LogP contribution in [0.1, 0.15) is 17.2 Å². The smallest absolute Gasteiger partial charge is 0.276 e. The summed E-state index contributed by atoms with van der Waals surface area (Å²) in [6.45, 7) is 8.07. The van der Waals surface area contributed by atoms with Gasteiger partial charge in [0, 0.05) is 5.56 Å². The zero-order valence-electron chi connectivity index (χ0n) is 6.92. The number of aryl methyl sites for hydroxylation is 1. The zero-order chi connectivity index (χ0) is 8.97. The third-order valence-corrected chi connectivity index (χ3v) is 1.85. The minimum Gasteiger partial charge on any atom is -0.306 e. The monoisotopic (exact) mass is 163 g/mol. The number of benzene rings is 1. The Morgan fingerprint density at radius 1 is 1.50 bits per heavy atom. The molecule has 12 heavy (non-hydrogen) atoms. The Bertz CT molecular complexity index is 301. The molecule has 62 valence electrons. The van der Waals surface area contributed by atoms with Gasteiger partial charge in [-0.1, -0.05) is 24.3 Å². The number of hydrogen-bond acceptors (Lipinski definition) is 0. The first-order valence-corrected chi connectivity index (χ1v) is 3.77. The van der Waals surface area contributed by atoms with Gasteiger partial charge in [0.25, 0.3) is 6.04 Å². The summed E-state index contributed by atoms with van der Waals surface area (Å²) in [4.78, 5) is 3.21. The summed E-state index contributed by atoms with van der Waals surface area (Å²) in [5.41, 5.74) is 1.78. The maximum atomic E-state index is 12.3. The van der Waals surface area contributed by atoms with Crippen LogP contribution in [0.5, 0.6) is 0 Å². The van der Waals surface area contributed by atoms with Crippen LogP contribution in [0.15, 0.2) is 24.3 Å².